The van der Waals surface area contributed by atoms with Crippen molar-refractivity contribution in [3.8, 4) is 0 Å². The van der Waals surface area contributed by atoms with E-state index >= 15 is 0 Å². The van der Waals surface area contributed by atoms with Crippen molar-refractivity contribution in [3.05, 3.63) is 29.6 Å². The fourth-order valence-electron chi connectivity index (χ4n) is 2.85. The molecule has 1 aromatic rings. The summed E-state index contributed by atoms with van der Waals surface area (Å²) < 4.78 is 0. The minimum absolute atomic E-state index is 0.687. The number of pyridine rings is 1. The summed E-state index contributed by atoms with van der Waals surface area (Å²) in [6, 6.07) is 2.34. The molecule has 2 unspecified atom stereocenters. The van der Waals surface area contributed by atoms with Gasteiger partial charge in [-0.15, -0.1) is 0 Å². The quantitative estimate of drug-likeness (QED) is 0.693. The molecule has 1 aliphatic carbocycles. The van der Waals surface area contributed by atoms with Gasteiger partial charge < -0.3 is 0 Å². The molecule has 0 saturated heterocycles. The molecule has 1 aliphatic rings. The summed E-state index contributed by atoms with van der Waals surface area (Å²) in [6.45, 7) is 9.26. The van der Waals surface area contributed by atoms with E-state index in [2.05, 4.69) is 38.7 Å². The van der Waals surface area contributed by atoms with Crippen LogP contribution in [-0.2, 0) is 0 Å². The van der Waals surface area contributed by atoms with Crippen LogP contribution in [0.3, 0.4) is 0 Å². The first kappa shape index (κ1) is 9.70. The van der Waals surface area contributed by atoms with Crippen LogP contribution < -0.4 is 0 Å². The van der Waals surface area contributed by atoms with Crippen molar-refractivity contribution in [1.82, 2.24) is 4.98 Å². The predicted molar refractivity (Wildman–Crippen MR) is 59.4 cm³/mol. The average Bonchev–Trinajstić information content (AvgIpc) is 2.37. The summed E-state index contributed by atoms with van der Waals surface area (Å²) >= 11 is 0. The van der Waals surface area contributed by atoms with Crippen molar-refractivity contribution in [2.45, 2.75) is 39.5 Å². The molecule has 2 bridgehead atoms. The Morgan fingerprint density at radius 2 is 1.36 bits per heavy atom. The molecule has 0 radical (unpaired) electrons. The van der Waals surface area contributed by atoms with E-state index in [-0.39, 0.29) is 0 Å². The maximum Gasteiger partial charge on any atom is 0.0303 e. The monoisotopic (exact) mass is 189 g/mol. The fourth-order valence-corrected chi connectivity index (χ4v) is 2.85. The van der Waals surface area contributed by atoms with Gasteiger partial charge in [-0.25, -0.2) is 0 Å². The standard InChI is InChI=1S/C13H19N/c1-8(2)12-10-5-11(7-14-6-10)13(12)9(3)4/h5-9,12-13H,1-4H3. The Bertz CT molecular complexity index is 299. The van der Waals surface area contributed by atoms with Gasteiger partial charge in [0.25, 0.3) is 0 Å². The van der Waals surface area contributed by atoms with Crippen LogP contribution >= 0.6 is 0 Å². The molecule has 0 amide bonds. The van der Waals surface area contributed by atoms with E-state index in [4.69, 9.17) is 0 Å². The van der Waals surface area contributed by atoms with Crippen molar-refractivity contribution in [2.75, 3.05) is 0 Å². The molecule has 2 rings (SSSR count). The maximum atomic E-state index is 4.31. The molecular formula is C13H19N. The summed E-state index contributed by atoms with van der Waals surface area (Å²) in [5.41, 5.74) is 2.88. The molecule has 0 aromatic carbocycles. The minimum Gasteiger partial charge on any atom is -0.264 e. The zero-order chi connectivity index (χ0) is 10.3. The van der Waals surface area contributed by atoms with E-state index in [0.717, 1.165) is 0 Å². The van der Waals surface area contributed by atoms with Crippen LogP contribution in [0.4, 0.5) is 0 Å². The second kappa shape index (κ2) is 3.38. The molecule has 1 aromatic heterocycles. The van der Waals surface area contributed by atoms with Crippen LogP contribution in [0.2, 0.25) is 0 Å². The number of hydrogen-bond donors (Lipinski definition) is 0. The van der Waals surface area contributed by atoms with E-state index < -0.39 is 0 Å². The second-order valence-corrected chi connectivity index (χ2v) is 5.09. The van der Waals surface area contributed by atoms with Gasteiger partial charge in [-0.3, -0.25) is 4.98 Å². The Balaban J connectivity index is 2.40. The van der Waals surface area contributed by atoms with Gasteiger partial charge in [0.15, 0.2) is 0 Å². The Kier molecular flexibility index (Phi) is 2.34. The Morgan fingerprint density at radius 3 is 1.71 bits per heavy atom. The zero-order valence-corrected chi connectivity index (χ0v) is 9.49. The van der Waals surface area contributed by atoms with Gasteiger partial charge in [0.05, 0.1) is 0 Å². The molecule has 0 spiro atoms. The van der Waals surface area contributed by atoms with Crippen molar-refractivity contribution in [1.29, 1.82) is 0 Å². The Hall–Kier alpha value is -0.850. The zero-order valence-electron chi connectivity index (χ0n) is 9.49. The molecule has 1 nitrogen and oxygen atoms in total. The molecule has 2 atom stereocenters. The lowest BCUT2D eigenvalue weighted by Crippen LogP contribution is -2.16. The van der Waals surface area contributed by atoms with Gasteiger partial charge in [-0.05, 0) is 34.8 Å². The fraction of sp³-hybridized carbons (Fsp3) is 0.615. The molecule has 1 heteroatoms. The topological polar surface area (TPSA) is 12.9 Å². The van der Waals surface area contributed by atoms with E-state index in [1.54, 1.807) is 0 Å². The van der Waals surface area contributed by atoms with Crippen LogP contribution in [0.1, 0.15) is 50.7 Å². The van der Waals surface area contributed by atoms with Crippen LogP contribution in [0, 0.1) is 11.8 Å². The molecule has 0 N–H and O–H groups in total. The first-order valence-corrected chi connectivity index (χ1v) is 5.56. The minimum atomic E-state index is 0.687. The van der Waals surface area contributed by atoms with Crippen LogP contribution in [-0.4, -0.2) is 4.98 Å². The highest BCUT2D eigenvalue weighted by atomic mass is 14.7. The van der Waals surface area contributed by atoms with Crippen LogP contribution in [0.25, 0.3) is 0 Å². The summed E-state index contributed by atoms with van der Waals surface area (Å²) in [6.07, 6.45) is 4.08. The first-order valence-electron chi connectivity index (χ1n) is 5.56. The Morgan fingerprint density at radius 1 is 0.929 bits per heavy atom. The van der Waals surface area contributed by atoms with E-state index in [1.807, 2.05) is 12.4 Å². The van der Waals surface area contributed by atoms with Crippen molar-refractivity contribution in [2.24, 2.45) is 11.8 Å². The normalized spacial score (nSPS) is 25.0. The van der Waals surface area contributed by atoms with Gasteiger partial charge >= 0.3 is 0 Å². The summed E-state index contributed by atoms with van der Waals surface area (Å²) in [4.78, 5) is 4.31. The van der Waals surface area contributed by atoms with Gasteiger partial charge in [0.1, 0.15) is 0 Å². The lowest BCUT2D eigenvalue weighted by atomic mass is 9.76. The molecule has 0 fully saturated rings. The summed E-state index contributed by atoms with van der Waals surface area (Å²) in [7, 11) is 0. The van der Waals surface area contributed by atoms with E-state index in [1.165, 1.54) is 11.1 Å². The first-order chi connectivity index (χ1) is 6.61. The number of nitrogens with zero attached hydrogens (tertiary/aromatic N) is 1. The lowest BCUT2D eigenvalue weighted by molar-refractivity contribution is 0.362. The van der Waals surface area contributed by atoms with Crippen molar-refractivity contribution >= 4 is 0 Å². The highest BCUT2D eigenvalue weighted by Crippen LogP contribution is 2.47. The Labute approximate surface area is 86.6 Å². The third kappa shape index (κ3) is 1.35. The van der Waals surface area contributed by atoms with Crippen LogP contribution in [0.5, 0.6) is 0 Å². The third-order valence-corrected chi connectivity index (χ3v) is 3.37. The number of rotatable bonds is 2. The van der Waals surface area contributed by atoms with Crippen molar-refractivity contribution < 1.29 is 0 Å². The lowest BCUT2D eigenvalue weighted by Gasteiger charge is -2.27. The smallest absolute Gasteiger partial charge is 0.0303 e. The van der Waals surface area contributed by atoms with Gasteiger partial charge in [-0.1, -0.05) is 33.8 Å². The molecule has 0 aliphatic heterocycles. The van der Waals surface area contributed by atoms with E-state index in [9.17, 15) is 0 Å². The summed E-state index contributed by atoms with van der Waals surface area (Å²) in [5.74, 6) is 2.80. The second-order valence-electron chi connectivity index (χ2n) is 5.09. The number of fused-ring (bicyclic) bond motifs is 2. The van der Waals surface area contributed by atoms with Gasteiger partial charge in [0, 0.05) is 12.4 Å². The average molecular weight is 189 g/mol. The summed E-state index contributed by atoms with van der Waals surface area (Å²) in [5, 5.41) is 0. The molecule has 0 saturated carbocycles. The molecular weight excluding hydrogens is 170 g/mol. The van der Waals surface area contributed by atoms with Crippen LogP contribution in [0.15, 0.2) is 18.5 Å². The molecule has 1 heterocycles. The van der Waals surface area contributed by atoms with Gasteiger partial charge in [0.2, 0.25) is 0 Å². The largest absolute Gasteiger partial charge is 0.264 e. The SMILES string of the molecule is CC(C)C1c2cncc(c2)C1C(C)C. The van der Waals surface area contributed by atoms with E-state index in [0.29, 0.717) is 23.7 Å². The third-order valence-electron chi connectivity index (χ3n) is 3.37. The van der Waals surface area contributed by atoms with Crippen molar-refractivity contribution in [3.63, 3.8) is 0 Å². The highest BCUT2D eigenvalue weighted by molar-refractivity contribution is 5.36. The maximum absolute atomic E-state index is 4.31. The molecule has 14 heavy (non-hydrogen) atoms. The predicted octanol–water partition coefficient (Wildman–Crippen LogP) is 3.57. The van der Waals surface area contributed by atoms with Gasteiger partial charge in [-0.2, -0.15) is 0 Å². The molecule has 76 valence electrons. The highest BCUT2D eigenvalue weighted by Gasteiger charge is 2.35. The number of hydrogen-bond acceptors (Lipinski definition) is 1. The number of aromatic nitrogens is 1.